The average Bonchev–Trinajstić information content (AvgIpc) is 2.27. The molecule has 0 bridgehead atoms. The lowest BCUT2D eigenvalue weighted by atomic mass is 10.2. The maximum atomic E-state index is 9.63. The summed E-state index contributed by atoms with van der Waals surface area (Å²) in [4.78, 5) is 0. The van der Waals surface area contributed by atoms with Crippen LogP contribution >= 0.6 is 22.6 Å². The summed E-state index contributed by atoms with van der Waals surface area (Å²) in [5.41, 5.74) is 0. The van der Waals surface area contributed by atoms with Gasteiger partial charge in [-0.2, -0.15) is 0 Å². The molecule has 0 amide bonds. The maximum Gasteiger partial charge on any atom is 0.192 e. The molecule has 2 atom stereocenters. The van der Waals surface area contributed by atoms with Crippen LogP contribution in [0.2, 0.25) is 18.1 Å². The van der Waals surface area contributed by atoms with E-state index in [0.717, 1.165) is 10.0 Å². The van der Waals surface area contributed by atoms with Gasteiger partial charge in [0.25, 0.3) is 0 Å². The van der Waals surface area contributed by atoms with E-state index >= 15 is 0 Å². The second kappa shape index (κ2) is 4.47. The largest absolute Gasteiger partial charge is 0.410 e. The van der Waals surface area contributed by atoms with E-state index in [-0.39, 0.29) is 17.2 Å². The number of hydrogen-bond donors (Lipinski definition) is 1. The third kappa shape index (κ3) is 3.28. The summed E-state index contributed by atoms with van der Waals surface area (Å²) in [5.74, 6) is 0. The molecule has 1 aliphatic carbocycles. The highest BCUT2D eigenvalue weighted by Crippen LogP contribution is 2.39. The van der Waals surface area contributed by atoms with Crippen LogP contribution in [0, 0.1) is 0 Å². The first-order valence-electron chi connectivity index (χ1n) is 5.36. The van der Waals surface area contributed by atoms with Crippen LogP contribution in [0.3, 0.4) is 0 Å². The highest BCUT2D eigenvalue weighted by atomic mass is 127. The summed E-state index contributed by atoms with van der Waals surface area (Å²) in [6, 6.07) is 0. The fourth-order valence-electron chi connectivity index (χ4n) is 1.33. The second-order valence-corrected chi connectivity index (χ2v) is 11.7. The minimum atomic E-state index is -1.69. The third-order valence-electron chi connectivity index (χ3n) is 3.37. The Balaban J connectivity index is 2.65. The van der Waals surface area contributed by atoms with Crippen molar-refractivity contribution in [1.29, 1.82) is 0 Å². The van der Waals surface area contributed by atoms with Gasteiger partial charge in [-0.25, -0.2) is 0 Å². The van der Waals surface area contributed by atoms with Crippen LogP contribution in [0.1, 0.15) is 27.2 Å². The van der Waals surface area contributed by atoms with E-state index in [0.29, 0.717) is 0 Å². The van der Waals surface area contributed by atoms with Crippen molar-refractivity contribution in [2.45, 2.75) is 57.5 Å². The highest BCUT2D eigenvalue weighted by Gasteiger charge is 2.40. The average molecular weight is 340 g/mol. The van der Waals surface area contributed by atoms with E-state index < -0.39 is 8.32 Å². The first-order valence-corrected chi connectivity index (χ1v) is 9.35. The summed E-state index contributed by atoms with van der Waals surface area (Å²) < 4.78 is 7.23. The molecule has 0 spiro atoms. The Morgan fingerprint density at radius 2 is 2.00 bits per heavy atom. The maximum absolute atomic E-state index is 9.63. The van der Waals surface area contributed by atoms with Crippen molar-refractivity contribution in [1.82, 2.24) is 0 Å². The predicted molar refractivity (Wildman–Crippen MR) is 74.8 cm³/mol. The molecule has 15 heavy (non-hydrogen) atoms. The molecular weight excluding hydrogens is 319 g/mol. The van der Waals surface area contributed by atoms with E-state index in [9.17, 15) is 5.11 Å². The normalized spacial score (nSPS) is 28.1. The molecule has 1 aliphatic rings. The molecule has 0 saturated heterocycles. The molecule has 1 rings (SSSR count). The lowest BCUT2D eigenvalue weighted by molar-refractivity contribution is 0.155. The van der Waals surface area contributed by atoms with Gasteiger partial charge in [0.15, 0.2) is 8.32 Å². The molecule has 0 radical (unpaired) electrons. The molecule has 0 saturated carbocycles. The minimum Gasteiger partial charge on any atom is -0.410 e. The smallest absolute Gasteiger partial charge is 0.192 e. The quantitative estimate of drug-likeness (QED) is 0.616. The monoisotopic (exact) mass is 340 g/mol. The molecule has 2 unspecified atom stereocenters. The Bertz CT molecular complexity index is 268. The van der Waals surface area contributed by atoms with Gasteiger partial charge in [0.1, 0.15) is 0 Å². The van der Waals surface area contributed by atoms with Crippen molar-refractivity contribution in [2.75, 3.05) is 0 Å². The first kappa shape index (κ1) is 13.7. The fourth-order valence-corrected chi connectivity index (χ4v) is 3.26. The zero-order chi connectivity index (χ0) is 11.9. The number of rotatable bonds is 2. The Kier molecular flexibility index (Phi) is 4.07. The molecule has 0 aliphatic heterocycles. The van der Waals surface area contributed by atoms with Crippen molar-refractivity contribution in [3.05, 3.63) is 9.66 Å². The van der Waals surface area contributed by atoms with Crippen LogP contribution in [0.15, 0.2) is 9.66 Å². The van der Waals surface area contributed by atoms with Gasteiger partial charge in [0.2, 0.25) is 0 Å². The summed E-state index contributed by atoms with van der Waals surface area (Å²) >= 11 is 2.19. The Labute approximate surface area is 107 Å². The molecule has 2 nitrogen and oxygen atoms in total. The molecule has 0 aromatic rings. The van der Waals surface area contributed by atoms with Crippen molar-refractivity contribution < 1.29 is 9.53 Å². The molecular formula is C11H21IO2Si. The first-order chi connectivity index (χ1) is 6.63. The van der Waals surface area contributed by atoms with E-state index in [1.54, 1.807) is 0 Å². The van der Waals surface area contributed by atoms with Crippen LogP contribution < -0.4 is 0 Å². The topological polar surface area (TPSA) is 29.5 Å². The van der Waals surface area contributed by atoms with E-state index in [1.165, 1.54) is 0 Å². The van der Waals surface area contributed by atoms with Crippen molar-refractivity contribution in [3.8, 4) is 0 Å². The Morgan fingerprint density at radius 3 is 2.33 bits per heavy atom. The van der Waals surface area contributed by atoms with Gasteiger partial charge in [-0.3, -0.25) is 0 Å². The van der Waals surface area contributed by atoms with Gasteiger partial charge >= 0.3 is 0 Å². The van der Waals surface area contributed by atoms with Crippen LogP contribution in [-0.4, -0.2) is 25.6 Å². The zero-order valence-electron chi connectivity index (χ0n) is 10.2. The minimum absolute atomic E-state index is 0.118. The van der Waals surface area contributed by atoms with Gasteiger partial charge in [0, 0.05) is 10.0 Å². The van der Waals surface area contributed by atoms with Crippen molar-refractivity contribution in [2.24, 2.45) is 0 Å². The third-order valence-corrected chi connectivity index (χ3v) is 8.95. The SMILES string of the molecule is CC(C)(C)[Si](C)(C)OC1C=C(I)C(O)C1. The summed E-state index contributed by atoms with van der Waals surface area (Å²) in [6.45, 7) is 11.2. The van der Waals surface area contributed by atoms with Crippen LogP contribution in [-0.2, 0) is 4.43 Å². The molecule has 0 heterocycles. The van der Waals surface area contributed by atoms with Crippen molar-refractivity contribution >= 4 is 30.9 Å². The van der Waals surface area contributed by atoms with Gasteiger partial charge in [0.05, 0.1) is 12.2 Å². The molecule has 4 heteroatoms. The van der Waals surface area contributed by atoms with Gasteiger partial charge in [-0.05, 0) is 46.8 Å². The Hall–Kier alpha value is 0.607. The fraction of sp³-hybridized carbons (Fsp3) is 0.818. The predicted octanol–water partition coefficient (Wildman–Crippen LogP) is 3.46. The van der Waals surface area contributed by atoms with Crippen molar-refractivity contribution in [3.63, 3.8) is 0 Å². The van der Waals surface area contributed by atoms with Gasteiger partial charge < -0.3 is 9.53 Å². The summed E-state index contributed by atoms with van der Waals surface area (Å²) in [6.07, 6.45) is 2.60. The number of halogens is 1. The molecule has 88 valence electrons. The van der Waals surface area contributed by atoms with Gasteiger partial charge in [-0.1, -0.05) is 20.8 Å². The molecule has 0 fully saturated rings. The highest BCUT2D eigenvalue weighted by molar-refractivity contribution is 14.1. The summed E-state index contributed by atoms with van der Waals surface area (Å²) in [7, 11) is -1.69. The standard InChI is InChI=1S/C11H21IO2Si/c1-11(2,3)15(4,5)14-8-6-9(12)10(13)7-8/h6,8,10,13H,7H2,1-5H3. The number of hydrogen-bond acceptors (Lipinski definition) is 2. The molecule has 0 aromatic carbocycles. The number of aliphatic hydroxyl groups is 1. The van der Waals surface area contributed by atoms with Gasteiger partial charge in [-0.15, -0.1) is 0 Å². The van der Waals surface area contributed by atoms with E-state index in [4.69, 9.17) is 4.43 Å². The summed E-state index contributed by atoms with van der Waals surface area (Å²) in [5, 5.41) is 9.86. The zero-order valence-corrected chi connectivity index (χ0v) is 13.3. The molecule has 0 aromatic heterocycles. The van der Waals surface area contributed by atoms with E-state index in [1.807, 2.05) is 0 Å². The lowest BCUT2D eigenvalue weighted by Crippen LogP contribution is -2.43. The van der Waals surface area contributed by atoms with E-state index in [2.05, 4.69) is 62.5 Å². The Morgan fingerprint density at radius 1 is 1.47 bits per heavy atom. The second-order valence-electron chi connectivity index (χ2n) is 5.72. The van der Waals surface area contributed by atoms with Crippen LogP contribution in [0.25, 0.3) is 0 Å². The number of aliphatic hydroxyl groups excluding tert-OH is 1. The lowest BCUT2D eigenvalue weighted by Gasteiger charge is -2.38. The van der Waals surface area contributed by atoms with Crippen LogP contribution in [0.5, 0.6) is 0 Å². The van der Waals surface area contributed by atoms with Crippen LogP contribution in [0.4, 0.5) is 0 Å². The molecule has 1 N–H and O–H groups in total.